The molecule has 1 atom stereocenters. The molecular weight excluding hydrogens is 370 g/mol. The number of rotatable bonds is 9. The van der Waals surface area contributed by atoms with E-state index in [-0.39, 0.29) is 18.0 Å². The van der Waals surface area contributed by atoms with Crippen molar-refractivity contribution in [3.8, 4) is 17.2 Å². The van der Waals surface area contributed by atoms with Crippen molar-refractivity contribution in [3.63, 3.8) is 0 Å². The van der Waals surface area contributed by atoms with Gasteiger partial charge >= 0.3 is 0 Å². The van der Waals surface area contributed by atoms with Gasteiger partial charge in [0.15, 0.2) is 11.5 Å². The van der Waals surface area contributed by atoms with Crippen molar-refractivity contribution < 1.29 is 27.4 Å². The van der Waals surface area contributed by atoms with E-state index in [1.165, 1.54) is 12.1 Å². The van der Waals surface area contributed by atoms with Gasteiger partial charge in [-0.15, -0.1) is 0 Å². The third-order valence-corrected chi connectivity index (χ3v) is 5.34. The van der Waals surface area contributed by atoms with Crippen molar-refractivity contribution in [2.24, 2.45) is 0 Å². The second-order valence-corrected chi connectivity index (χ2v) is 7.63. The monoisotopic (exact) mass is 393 g/mol. The van der Waals surface area contributed by atoms with Crippen LogP contribution in [-0.2, 0) is 14.8 Å². The average molecular weight is 393 g/mol. The lowest BCUT2D eigenvalue weighted by atomic mass is 10.2. The van der Waals surface area contributed by atoms with Gasteiger partial charge in [0.1, 0.15) is 25.1 Å². The SMILES string of the molecule is CCOCCOc1ccc(S(=O)(=O)NCC2COc3ccccc3O2)cc1. The number of hydrogen-bond donors (Lipinski definition) is 1. The second-order valence-electron chi connectivity index (χ2n) is 5.87. The highest BCUT2D eigenvalue weighted by atomic mass is 32.2. The smallest absolute Gasteiger partial charge is 0.240 e. The van der Waals surface area contributed by atoms with Gasteiger partial charge in [0.25, 0.3) is 0 Å². The summed E-state index contributed by atoms with van der Waals surface area (Å²) in [5.41, 5.74) is 0. The van der Waals surface area contributed by atoms with Crippen LogP contribution in [0, 0.1) is 0 Å². The van der Waals surface area contributed by atoms with E-state index < -0.39 is 16.1 Å². The van der Waals surface area contributed by atoms with Crippen LogP contribution in [0.3, 0.4) is 0 Å². The van der Waals surface area contributed by atoms with Crippen molar-refractivity contribution in [3.05, 3.63) is 48.5 Å². The number of fused-ring (bicyclic) bond motifs is 1. The van der Waals surface area contributed by atoms with Gasteiger partial charge < -0.3 is 18.9 Å². The molecule has 0 saturated carbocycles. The molecule has 3 rings (SSSR count). The molecule has 2 aromatic rings. The van der Waals surface area contributed by atoms with Gasteiger partial charge in [-0.25, -0.2) is 13.1 Å². The zero-order valence-corrected chi connectivity index (χ0v) is 15.9. The fraction of sp³-hybridized carbons (Fsp3) is 0.368. The topological polar surface area (TPSA) is 83.1 Å². The fourth-order valence-electron chi connectivity index (χ4n) is 2.53. The van der Waals surface area contributed by atoms with Crippen LogP contribution in [0.15, 0.2) is 53.4 Å². The molecule has 0 saturated heterocycles. The molecule has 0 radical (unpaired) electrons. The summed E-state index contributed by atoms with van der Waals surface area (Å²) < 4.78 is 49.5. The van der Waals surface area contributed by atoms with Crippen LogP contribution in [0.5, 0.6) is 17.2 Å². The summed E-state index contributed by atoms with van der Waals surface area (Å²) in [4.78, 5) is 0.164. The summed E-state index contributed by atoms with van der Waals surface area (Å²) in [6.45, 7) is 3.85. The molecule has 1 heterocycles. The van der Waals surface area contributed by atoms with Gasteiger partial charge in [-0.2, -0.15) is 0 Å². The van der Waals surface area contributed by atoms with Crippen LogP contribution < -0.4 is 18.9 Å². The summed E-state index contributed by atoms with van der Waals surface area (Å²) in [6, 6.07) is 13.6. The van der Waals surface area contributed by atoms with Crippen molar-refractivity contribution in [1.82, 2.24) is 4.72 Å². The minimum atomic E-state index is -3.65. The molecule has 0 amide bonds. The lowest BCUT2D eigenvalue weighted by Crippen LogP contribution is -2.40. The fourth-order valence-corrected chi connectivity index (χ4v) is 3.59. The highest BCUT2D eigenvalue weighted by Gasteiger charge is 2.23. The van der Waals surface area contributed by atoms with Crippen molar-refractivity contribution in [2.45, 2.75) is 17.9 Å². The maximum absolute atomic E-state index is 12.5. The summed E-state index contributed by atoms with van der Waals surface area (Å²) in [6.07, 6.45) is -0.393. The Kier molecular flexibility index (Phi) is 6.54. The van der Waals surface area contributed by atoms with Crippen LogP contribution in [0.2, 0.25) is 0 Å². The Hall–Kier alpha value is -2.29. The van der Waals surface area contributed by atoms with E-state index in [0.29, 0.717) is 37.1 Å². The zero-order valence-electron chi connectivity index (χ0n) is 15.1. The molecule has 1 aliphatic rings. The van der Waals surface area contributed by atoms with E-state index in [0.717, 1.165) is 0 Å². The van der Waals surface area contributed by atoms with Gasteiger partial charge in [-0.05, 0) is 43.3 Å². The van der Waals surface area contributed by atoms with Gasteiger partial charge in [-0.3, -0.25) is 0 Å². The Morgan fingerprint density at radius 1 is 1.07 bits per heavy atom. The first-order chi connectivity index (χ1) is 13.1. The first-order valence-electron chi connectivity index (χ1n) is 8.77. The van der Waals surface area contributed by atoms with Crippen LogP contribution in [0.4, 0.5) is 0 Å². The van der Waals surface area contributed by atoms with Crippen molar-refractivity contribution >= 4 is 10.0 Å². The number of hydrogen-bond acceptors (Lipinski definition) is 6. The van der Waals surface area contributed by atoms with Crippen molar-refractivity contribution in [1.29, 1.82) is 0 Å². The van der Waals surface area contributed by atoms with E-state index in [2.05, 4.69) is 4.72 Å². The Balaban J connectivity index is 1.52. The lowest BCUT2D eigenvalue weighted by molar-refractivity contribution is 0.0943. The molecule has 27 heavy (non-hydrogen) atoms. The lowest BCUT2D eigenvalue weighted by Gasteiger charge is -2.26. The molecule has 1 unspecified atom stereocenters. The number of sulfonamides is 1. The summed E-state index contributed by atoms with van der Waals surface area (Å²) in [5, 5.41) is 0. The molecule has 0 fully saturated rings. The Labute approximate surface area is 159 Å². The number of ether oxygens (including phenoxy) is 4. The molecule has 146 valence electrons. The van der Waals surface area contributed by atoms with Gasteiger partial charge in [0.05, 0.1) is 18.0 Å². The molecule has 0 bridgehead atoms. The molecule has 0 spiro atoms. The van der Waals surface area contributed by atoms with E-state index >= 15 is 0 Å². The molecular formula is C19H23NO6S. The Morgan fingerprint density at radius 2 is 1.81 bits per heavy atom. The van der Waals surface area contributed by atoms with E-state index in [4.69, 9.17) is 18.9 Å². The predicted octanol–water partition coefficient (Wildman–Crippen LogP) is 2.22. The van der Waals surface area contributed by atoms with Gasteiger partial charge in [0.2, 0.25) is 10.0 Å². The quantitative estimate of drug-likeness (QED) is 0.658. The summed E-state index contributed by atoms with van der Waals surface area (Å²) in [7, 11) is -3.65. The molecule has 8 heteroatoms. The van der Waals surface area contributed by atoms with Crippen LogP contribution in [0.1, 0.15) is 6.92 Å². The predicted molar refractivity (Wildman–Crippen MR) is 100.0 cm³/mol. The zero-order chi connectivity index (χ0) is 19.1. The summed E-state index contributed by atoms with van der Waals surface area (Å²) in [5.74, 6) is 1.87. The first-order valence-corrected chi connectivity index (χ1v) is 10.3. The molecule has 1 N–H and O–H groups in total. The van der Waals surface area contributed by atoms with Crippen LogP contribution in [-0.4, -0.2) is 47.5 Å². The van der Waals surface area contributed by atoms with Gasteiger partial charge in [0, 0.05) is 6.61 Å². The van der Waals surface area contributed by atoms with E-state index in [1.54, 1.807) is 18.2 Å². The number of nitrogens with one attached hydrogen (secondary N) is 1. The third-order valence-electron chi connectivity index (χ3n) is 3.90. The molecule has 0 aromatic heterocycles. The Morgan fingerprint density at radius 3 is 2.56 bits per heavy atom. The maximum atomic E-state index is 12.5. The normalized spacial score (nSPS) is 16.1. The number of benzene rings is 2. The molecule has 0 aliphatic carbocycles. The number of para-hydroxylation sites is 2. The highest BCUT2D eigenvalue weighted by molar-refractivity contribution is 7.89. The van der Waals surface area contributed by atoms with Crippen molar-refractivity contribution in [2.75, 3.05) is 33.0 Å². The molecule has 7 nitrogen and oxygen atoms in total. The Bertz CT molecular complexity index is 838. The average Bonchev–Trinajstić information content (AvgIpc) is 2.70. The van der Waals surface area contributed by atoms with Crippen LogP contribution >= 0.6 is 0 Å². The molecule has 1 aliphatic heterocycles. The van der Waals surface area contributed by atoms with Crippen LogP contribution in [0.25, 0.3) is 0 Å². The minimum Gasteiger partial charge on any atom is -0.491 e. The van der Waals surface area contributed by atoms with Gasteiger partial charge in [-0.1, -0.05) is 12.1 Å². The first kappa shape index (κ1) is 19.5. The molecule has 2 aromatic carbocycles. The largest absolute Gasteiger partial charge is 0.491 e. The maximum Gasteiger partial charge on any atom is 0.240 e. The minimum absolute atomic E-state index is 0.114. The highest BCUT2D eigenvalue weighted by Crippen LogP contribution is 2.30. The second kappa shape index (κ2) is 9.07. The van der Waals surface area contributed by atoms with E-state index in [1.807, 2.05) is 25.1 Å². The third kappa shape index (κ3) is 5.35. The standard InChI is InChI=1S/C19H23NO6S/c1-2-23-11-12-24-15-7-9-17(10-8-15)27(21,22)20-13-16-14-25-18-5-3-4-6-19(18)26-16/h3-10,16,20H,2,11-14H2,1H3. The van der Waals surface area contributed by atoms with E-state index in [9.17, 15) is 8.42 Å². The summed E-state index contributed by atoms with van der Waals surface area (Å²) >= 11 is 0.